The largest absolute Gasteiger partial charge is 0.360 e. The molecule has 1 heterocycles. The van der Waals surface area contributed by atoms with E-state index >= 15 is 0 Å². The zero-order chi connectivity index (χ0) is 17.7. The summed E-state index contributed by atoms with van der Waals surface area (Å²) in [4.78, 5) is 4.15. The van der Waals surface area contributed by atoms with Gasteiger partial charge in [0.2, 0.25) is 10.0 Å². The summed E-state index contributed by atoms with van der Waals surface area (Å²) < 4.78 is 32.7. The fourth-order valence-electron chi connectivity index (χ4n) is 1.75. The number of hydrogen-bond donors (Lipinski definition) is 0. The second-order valence-corrected chi connectivity index (χ2v) is 15.6. The van der Waals surface area contributed by atoms with Crippen molar-refractivity contribution in [2.75, 3.05) is 23.4 Å². The number of anilines is 1. The van der Waals surface area contributed by atoms with Gasteiger partial charge in [0.15, 0.2) is 5.82 Å². The average Bonchev–Trinajstić information content (AvgIpc) is 2.41. The van der Waals surface area contributed by atoms with Crippen LogP contribution in [0.3, 0.4) is 0 Å². The molecule has 1 rings (SSSR count). The van der Waals surface area contributed by atoms with Crippen molar-refractivity contribution in [1.82, 2.24) is 4.98 Å². The molecule has 0 radical (unpaired) electrons. The quantitative estimate of drug-likeness (QED) is 0.225. The number of sulfonamides is 1. The molecule has 0 saturated heterocycles. The van der Waals surface area contributed by atoms with Gasteiger partial charge in [0.25, 0.3) is 0 Å². The number of rotatable bonds is 9. The lowest BCUT2D eigenvalue weighted by Gasteiger charge is -2.25. The molecule has 0 atom stereocenters. The van der Waals surface area contributed by atoms with E-state index < -0.39 is 18.1 Å². The molecule has 0 N–H and O–H groups in total. The lowest BCUT2D eigenvalue weighted by atomic mass is 10.4. The Labute approximate surface area is 159 Å². The highest BCUT2D eigenvalue weighted by atomic mass is 127. The number of hydrogen-bond acceptors (Lipinski definition) is 4. The SMILES string of the molecule is CCCS(=O)(=O)N(COCC[Si](C)(C)C)c1nccc(I)c1Cl. The lowest BCUT2D eigenvalue weighted by Crippen LogP contribution is -2.36. The van der Waals surface area contributed by atoms with Crippen LogP contribution < -0.4 is 4.31 Å². The molecule has 0 unspecified atom stereocenters. The maximum Gasteiger partial charge on any atom is 0.238 e. The molecule has 0 aliphatic rings. The van der Waals surface area contributed by atoms with Crippen LogP contribution in [0.1, 0.15) is 13.3 Å². The molecule has 1 aromatic heterocycles. The highest BCUT2D eigenvalue weighted by Crippen LogP contribution is 2.30. The van der Waals surface area contributed by atoms with Gasteiger partial charge in [-0.1, -0.05) is 38.2 Å². The molecule has 9 heteroatoms. The van der Waals surface area contributed by atoms with Gasteiger partial charge in [-0.15, -0.1) is 0 Å². The first-order valence-electron chi connectivity index (χ1n) is 7.46. The third-order valence-corrected chi connectivity index (χ3v) is 8.23. The van der Waals surface area contributed by atoms with Gasteiger partial charge in [0, 0.05) is 24.4 Å². The van der Waals surface area contributed by atoms with Gasteiger partial charge < -0.3 is 4.74 Å². The molecule has 0 amide bonds. The Morgan fingerprint density at radius 1 is 1.39 bits per heavy atom. The van der Waals surface area contributed by atoms with Crippen molar-refractivity contribution in [2.45, 2.75) is 39.0 Å². The number of nitrogens with zero attached hydrogens (tertiary/aromatic N) is 2. The van der Waals surface area contributed by atoms with E-state index in [9.17, 15) is 8.42 Å². The molecule has 0 aliphatic heterocycles. The number of pyridine rings is 1. The first-order chi connectivity index (χ1) is 10.6. The van der Waals surface area contributed by atoms with Gasteiger partial charge in [-0.25, -0.2) is 17.7 Å². The van der Waals surface area contributed by atoms with Gasteiger partial charge in [0.1, 0.15) is 6.73 Å². The van der Waals surface area contributed by atoms with Gasteiger partial charge in [0.05, 0.1) is 10.8 Å². The minimum atomic E-state index is -3.51. The number of halogens is 2. The summed E-state index contributed by atoms with van der Waals surface area (Å²) in [5, 5.41) is 0.335. The molecule has 0 fully saturated rings. The number of ether oxygens (including phenoxy) is 1. The Morgan fingerprint density at radius 3 is 2.61 bits per heavy atom. The van der Waals surface area contributed by atoms with E-state index in [2.05, 4.69) is 47.2 Å². The third kappa shape index (κ3) is 6.85. The molecular formula is C14H24ClIN2O3SSi. The van der Waals surface area contributed by atoms with Gasteiger partial charge in [-0.2, -0.15) is 0 Å². The average molecular weight is 491 g/mol. The van der Waals surface area contributed by atoms with Crippen LogP contribution in [0.15, 0.2) is 12.3 Å². The van der Waals surface area contributed by atoms with E-state index in [4.69, 9.17) is 16.3 Å². The molecule has 0 aromatic carbocycles. The highest BCUT2D eigenvalue weighted by molar-refractivity contribution is 14.1. The summed E-state index contributed by atoms with van der Waals surface area (Å²) >= 11 is 8.31. The fourth-order valence-corrected chi connectivity index (χ4v) is 4.55. The van der Waals surface area contributed by atoms with Crippen molar-refractivity contribution >= 4 is 58.1 Å². The summed E-state index contributed by atoms with van der Waals surface area (Å²) in [6.07, 6.45) is 2.08. The highest BCUT2D eigenvalue weighted by Gasteiger charge is 2.26. The van der Waals surface area contributed by atoms with Gasteiger partial charge in [-0.05, 0) is 41.1 Å². The molecule has 0 aliphatic carbocycles. The van der Waals surface area contributed by atoms with E-state index in [0.29, 0.717) is 18.1 Å². The van der Waals surface area contributed by atoms with E-state index in [1.165, 1.54) is 4.31 Å². The van der Waals surface area contributed by atoms with E-state index in [1.807, 2.05) is 6.92 Å². The van der Waals surface area contributed by atoms with E-state index in [1.54, 1.807) is 12.3 Å². The van der Waals surface area contributed by atoms with Crippen LogP contribution in [-0.2, 0) is 14.8 Å². The lowest BCUT2D eigenvalue weighted by molar-refractivity contribution is 0.156. The van der Waals surface area contributed by atoms with Crippen molar-refractivity contribution in [3.8, 4) is 0 Å². The van der Waals surface area contributed by atoms with Crippen LogP contribution in [0.25, 0.3) is 0 Å². The molecule has 132 valence electrons. The van der Waals surface area contributed by atoms with Crippen molar-refractivity contribution in [3.05, 3.63) is 20.9 Å². The van der Waals surface area contributed by atoms with Crippen molar-refractivity contribution in [3.63, 3.8) is 0 Å². The van der Waals surface area contributed by atoms with Crippen molar-refractivity contribution in [2.24, 2.45) is 0 Å². The summed E-state index contributed by atoms with van der Waals surface area (Å²) in [7, 11) is -4.74. The molecule has 0 bridgehead atoms. The normalized spacial score (nSPS) is 12.4. The Morgan fingerprint density at radius 2 is 2.04 bits per heavy atom. The first kappa shape index (κ1) is 21.1. The standard InChI is InChI=1S/C14H24ClIN2O3SSi/c1-5-9-22(19,20)18(11-21-8-10-23(2,3)4)14-13(15)12(16)6-7-17-14/h6-7H,5,8-11H2,1-4H3. The Bertz CT molecular complexity index is 623. The second-order valence-electron chi connectivity index (χ2n) is 6.44. The molecule has 0 spiro atoms. The molecule has 1 aromatic rings. The maximum absolute atomic E-state index is 12.5. The minimum Gasteiger partial charge on any atom is -0.360 e. The Kier molecular flexibility index (Phi) is 8.25. The van der Waals surface area contributed by atoms with E-state index in [-0.39, 0.29) is 18.3 Å². The fraction of sp³-hybridized carbons (Fsp3) is 0.643. The van der Waals surface area contributed by atoms with Crippen LogP contribution in [-0.4, -0.2) is 40.6 Å². The topological polar surface area (TPSA) is 59.5 Å². The van der Waals surface area contributed by atoms with Crippen LogP contribution >= 0.6 is 34.2 Å². The van der Waals surface area contributed by atoms with Crippen LogP contribution in [0.4, 0.5) is 5.82 Å². The summed E-state index contributed by atoms with van der Waals surface area (Å²) in [6.45, 7) is 9.06. The Balaban J connectivity index is 2.97. The van der Waals surface area contributed by atoms with Crippen LogP contribution in [0, 0.1) is 3.57 Å². The maximum atomic E-state index is 12.5. The molecular weight excluding hydrogens is 467 g/mol. The minimum absolute atomic E-state index is 0.0356. The van der Waals surface area contributed by atoms with Crippen LogP contribution in [0.5, 0.6) is 0 Å². The monoisotopic (exact) mass is 490 g/mol. The predicted octanol–water partition coefficient (Wildman–Crippen LogP) is 4.20. The second kappa shape index (κ2) is 8.98. The molecule has 5 nitrogen and oxygen atoms in total. The van der Waals surface area contributed by atoms with E-state index in [0.717, 1.165) is 9.61 Å². The summed E-state index contributed by atoms with van der Waals surface area (Å²) in [5.74, 6) is 0.272. The summed E-state index contributed by atoms with van der Waals surface area (Å²) in [6, 6.07) is 2.71. The first-order valence-corrected chi connectivity index (χ1v) is 14.2. The summed E-state index contributed by atoms with van der Waals surface area (Å²) in [5.41, 5.74) is 0. The smallest absolute Gasteiger partial charge is 0.238 e. The zero-order valence-electron chi connectivity index (χ0n) is 14.0. The van der Waals surface area contributed by atoms with Crippen molar-refractivity contribution < 1.29 is 13.2 Å². The molecule has 0 saturated carbocycles. The molecule has 23 heavy (non-hydrogen) atoms. The number of aromatic nitrogens is 1. The zero-order valence-corrected chi connectivity index (χ0v) is 18.7. The Hall–Kier alpha value is 0.0969. The van der Waals surface area contributed by atoms with Gasteiger partial charge in [-0.3, -0.25) is 0 Å². The van der Waals surface area contributed by atoms with Crippen molar-refractivity contribution in [1.29, 1.82) is 0 Å². The predicted molar refractivity (Wildman–Crippen MR) is 107 cm³/mol. The van der Waals surface area contributed by atoms with Gasteiger partial charge >= 0.3 is 0 Å². The van der Waals surface area contributed by atoms with Crippen LogP contribution in [0.2, 0.25) is 30.7 Å². The third-order valence-electron chi connectivity index (χ3n) is 3.06.